The second-order valence-corrected chi connectivity index (χ2v) is 2.68. The van der Waals surface area contributed by atoms with Crippen LogP contribution in [0.4, 0.5) is 5.69 Å². The lowest BCUT2D eigenvalue weighted by Crippen LogP contribution is -2.16. The largest absolute Gasteiger partial charge is 0.481 e. The van der Waals surface area contributed by atoms with Gasteiger partial charge in [-0.25, -0.2) is 4.98 Å². The molecule has 0 fully saturated rings. The predicted molar refractivity (Wildman–Crippen MR) is 53.1 cm³/mol. The summed E-state index contributed by atoms with van der Waals surface area (Å²) in [5.41, 5.74) is 5.88. The second kappa shape index (κ2) is 5.18. The number of amides is 1. The van der Waals surface area contributed by atoms with Crippen LogP contribution in [0.3, 0.4) is 0 Å². The Bertz CT molecular complexity index is 297. The van der Waals surface area contributed by atoms with Crippen LogP contribution in [0.2, 0.25) is 0 Å². The molecule has 0 radical (unpaired) electrons. The third-order valence-corrected chi connectivity index (χ3v) is 1.60. The van der Waals surface area contributed by atoms with E-state index in [-0.39, 0.29) is 5.91 Å². The van der Waals surface area contributed by atoms with Crippen LogP contribution in [0.25, 0.3) is 0 Å². The van der Waals surface area contributed by atoms with E-state index in [0.717, 1.165) is 0 Å². The highest BCUT2D eigenvalue weighted by molar-refractivity contribution is 5.90. The molecule has 1 aromatic rings. The zero-order valence-electron chi connectivity index (χ0n) is 7.99. The van der Waals surface area contributed by atoms with Crippen molar-refractivity contribution < 1.29 is 9.53 Å². The van der Waals surface area contributed by atoms with Gasteiger partial charge in [-0.1, -0.05) is 0 Å². The van der Waals surface area contributed by atoms with Crippen molar-refractivity contribution >= 4 is 11.6 Å². The van der Waals surface area contributed by atoms with E-state index in [2.05, 4.69) is 10.3 Å². The fraction of sp³-hybridized carbons (Fsp3) is 0.333. The van der Waals surface area contributed by atoms with E-state index in [1.165, 1.54) is 13.3 Å². The van der Waals surface area contributed by atoms with E-state index in [4.69, 9.17) is 10.5 Å². The summed E-state index contributed by atoms with van der Waals surface area (Å²) in [6, 6.07) is 3.40. The lowest BCUT2D eigenvalue weighted by molar-refractivity contribution is -0.116. The van der Waals surface area contributed by atoms with Crippen molar-refractivity contribution in [2.75, 3.05) is 19.0 Å². The summed E-state index contributed by atoms with van der Waals surface area (Å²) in [5.74, 6) is 0.404. The SMILES string of the molecule is COc1ccc(NC(=O)CCN)cn1. The van der Waals surface area contributed by atoms with Gasteiger partial charge in [0, 0.05) is 19.0 Å². The van der Waals surface area contributed by atoms with E-state index < -0.39 is 0 Å². The van der Waals surface area contributed by atoms with Crippen molar-refractivity contribution in [1.82, 2.24) is 4.98 Å². The summed E-state index contributed by atoms with van der Waals surface area (Å²) in [6.45, 7) is 0.343. The maximum Gasteiger partial charge on any atom is 0.225 e. The molecule has 0 aromatic carbocycles. The summed E-state index contributed by atoms with van der Waals surface area (Å²) < 4.78 is 4.88. The monoisotopic (exact) mass is 195 g/mol. The predicted octanol–water partition coefficient (Wildman–Crippen LogP) is 0.377. The molecule has 0 aliphatic rings. The molecule has 0 bridgehead atoms. The molecule has 0 unspecified atom stereocenters. The summed E-state index contributed by atoms with van der Waals surface area (Å²) in [4.78, 5) is 15.1. The number of aromatic nitrogens is 1. The van der Waals surface area contributed by atoms with Crippen molar-refractivity contribution in [3.63, 3.8) is 0 Å². The molecule has 0 aliphatic carbocycles. The Balaban J connectivity index is 2.55. The molecule has 0 spiro atoms. The molecule has 1 heterocycles. The molecule has 76 valence electrons. The molecular formula is C9H13N3O2. The number of carbonyl (C=O) groups is 1. The summed E-state index contributed by atoms with van der Waals surface area (Å²) in [6.07, 6.45) is 1.85. The zero-order chi connectivity index (χ0) is 10.4. The molecule has 5 heteroatoms. The third kappa shape index (κ3) is 3.02. The van der Waals surface area contributed by atoms with E-state index in [9.17, 15) is 4.79 Å². The van der Waals surface area contributed by atoms with Crippen LogP contribution in [0.1, 0.15) is 6.42 Å². The molecule has 1 aromatic heterocycles. The Kier molecular flexibility index (Phi) is 3.87. The average Bonchev–Trinajstić information content (AvgIpc) is 2.19. The Morgan fingerprint density at radius 2 is 2.43 bits per heavy atom. The molecular weight excluding hydrogens is 182 g/mol. The van der Waals surface area contributed by atoms with Gasteiger partial charge in [0.15, 0.2) is 0 Å². The van der Waals surface area contributed by atoms with E-state index >= 15 is 0 Å². The summed E-state index contributed by atoms with van der Waals surface area (Å²) >= 11 is 0. The molecule has 5 nitrogen and oxygen atoms in total. The number of hydrogen-bond donors (Lipinski definition) is 2. The smallest absolute Gasteiger partial charge is 0.225 e. The van der Waals surface area contributed by atoms with Gasteiger partial charge in [0.1, 0.15) is 0 Å². The Hall–Kier alpha value is -1.62. The van der Waals surface area contributed by atoms with E-state index in [1.54, 1.807) is 12.1 Å². The van der Waals surface area contributed by atoms with Crippen LogP contribution < -0.4 is 15.8 Å². The van der Waals surface area contributed by atoms with Crippen LogP contribution >= 0.6 is 0 Å². The maximum absolute atomic E-state index is 11.1. The second-order valence-electron chi connectivity index (χ2n) is 2.68. The fourth-order valence-electron chi connectivity index (χ4n) is 0.930. The van der Waals surface area contributed by atoms with Crippen LogP contribution in [0, 0.1) is 0 Å². The molecule has 0 atom stereocenters. The summed E-state index contributed by atoms with van der Waals surface area (Å²) in [7, 11) is 1.54. The normalized spacial score (nSPS) is 9.57. The molecule has 0 aliphatic heterocycles. The van der Waals surface area contributed by atoms with Crippen LogP contribution in [0.15, 0.2) is 18.3 Å². The number of methoxy groups -OCH3 is 1. The number of nitrogens with one attached hydrogen (secondary N) is 1. The number of pyridine rings is 1. The highest BCUT2D eigenvalue weighted by atomic mass is 16.5. The van der Waals surface area contributed by atoms with Crippen molar-refractivity contribution in [3.05, 3.63) is 18.3 Å². The first-order valence-corrected chi connectivity index (χ1v) is 4.26. The highest BCUT2D eigenvalue weighted by Crippen LogP contribution is 2.10. The standard InChI is InChI=1S/C9H13N3O2/c1-14-9-3-2-7(6-11-9)12-8(13)4-5-10/h2-3,6H,4-5,10H2,1H3,(H,12,13). The molecule has 0 saturated carbocycles. The van der Waals surface area contributed by atoms with Gasteiger partial charge >= 0.3 is 0 Å². The topological polar surface area (TPSA) is 77.2 Å². The molecule has 0 saturated heterocycles. The highest BCUT2D eigenvalue weighted by Gasteiger charge is 2.00. The first kappa shape index (κ1) is 10.5. The lowest BCUT2D eigenvalue weighted by atomic mass is 10.3. The first-order valence-electron chi connectivity index (χ1n) is 4.26. The minimum Gasteiger partial charge on any atom is -0.481 e. The molecule has 1 rings (SSSR count). The zero-order valence-corrected chi connectivity index (χ0v) is 7.99. The van der Waals surface area contributed by atoms with Crippen LogP contribution in [0.5, 0.6) is 5.88 Å². The summed E-state index contributed by atoms with van der Waals surface area (Å²) in [5, 5.41) is 2.66. The van der Waals surface area contributed by atoms with Gasteiger partial charge in [0.05, 0.1) is 19.0 Å². The average molecular weight is 195 g/mol. The van der Waals surface area contributed by atoms with Gasteiger partial charge in [0.25, 0.3) is 0 Å². The Morgan fingerprint density at radius 3 is 2.93 bits per heavy atom. The Labute approximate surface area is 82.3 Å². The van der Waals surface area contributed by atoms with Gasteiger partial charge < -0.3 is 15.8 Å². The maximum atomic E-state index is 11.1. The van der Waals surface area contributed by atoms with Gasteiger partial charge in [-0.3, -0.25) is 4.79 Å². The van der Waals surface area contributed by atoms with Gasteiger partial charge in [-0.2, -0.15) is 0 Å². The molecule has 3 N–H and O–H groups in total. The minimum absolute atomic E-state index is 0.112. The van der Waals surface area contributed by atoms with Gasteiger partial charge in [-0.05, 0) is 6.07 Å². The van der Waals surface area contributed by atoms with Crippen LogP contribution in [-0.4, -0.2) is 24.5 Å². The first-order chi connectivity index (χ1) is 6.76. The third-order valence-electron chi connectivity index (χ3n) is 1.60. The molecule has 14 heavy (non-hydrogen) atoms. The van der Waals surface area contributed by atoms with Crippen LogP contribution in [-0.2, 0) is 4.79 Å². The Morgan fingerprint density at radius 1 is 1.64 bits per heavy atom. The number of hydrogen-bond acceptors (Lipinski definition) is 4. The number of anilines is 1. The van der Waals surface area contributed by atoms with E-state index in [1.807, 2.05) is 0 Å². The van der Waals surface area contributed by atoms with Crippen molar-refractivity contribution in [1.29, 1.82) is 0 Å². The van der Waals surface area contributed by atoms with E-state index in [0.29, 0.717) is 24.5 Å². The van der Waals surface area contributed by atoms with Gasteiger partial charge in [-0.15, -0.1) is 0 Å². The lowest BCUT2D eigenvalue weighted by Gasteiger charge is -2.04. The van der Waals surface area contributed by atoms with Crippen molar-refractivity contribution in [2.45, 2.75) is 6.42 Å². The molecule has 1 amide bonds. The fourth-order valence-corrected chi connectivity index (χ4v) is 0.930. The van der Waals surface area contributed by atoms with Crippen molar-refractivity contribution in [3.8, 4) is 5.88 Å². The number of rotatable bonds is 4. The number of nitrogens with zero attached hydrogens (tertiary/aromatic N) is 1. The van der Waals surface area contributed by atoms with Crippen molar-refractivity contribution in [2.24, 2.45) is 5.73 Å². The minimum atomic E-state index is -0.112. The number of carbonyl (C=O) groups excluding carboxylic acids is 1. The quantitative estimate of drug-likeness (QED) is 0.728. The van der Waals surface area contributed by atoms with Gasteiger partial charge in [0.2, 0.25) is 11.8 Å². The number of nitrogens with two attached hydrogens (primary N) is 1. The number of ether oxygens (including phenoxy) is 1.